The van der Waals surface area contributed by atoms with E-state index in [1.807, 2.05) is 0 Å². The van der Waals surface area contributed by atoms with Gasteiger partial charge >= 0.3 is 0 Å². The minimum Gasteiger partial charge on any atom is -0.376 e. The molecule has 0 aliphatic carbocycles. The Morgan fingerprint density at radius 2 is 2.04 bits per heavy atom. The van der Waals surface area contributed by atoms with Gasteiger partial charge in [-0.05, 0) is 49.1 Å². The third-order valence-electron chi connectivity index (χ3n) is 4.04. The summed E-state index contributed by atoms with van der Waals surface area (Å²) in [6.07, 6.45) is 2.86. The van der Waals surface area contributed by atoms with Gasteiger partial charge in [-0.2, -0.15) is 0 Å². The lowest BCUT2D eigenvalue weighted by atomic mass is 10.1. The molecule has 0 radical (unpaired) electrons. The van der Waals surface area contributed by atoms with E-state index in [4.69, 9.17) is 4.74 Å². The SMILES string of the molecule is O=C(NCC1CCCO1)c1ccc(NCCc2ccc(F)cc2)nn1. The third-order valence-corrected chi connectivity index (χ3v) is 4.04. The number of hydrogen-bond donors (Lipinski definition) is 2. The van der Waals surface area contributed by atoms with Gasteiger partial charge in [-0.25, -0.2) is 4.39 Å². The molecular weight excluding hydrogens is 323 g/mol. The van der Waals surface area contributed by atoms with Crippen molar-refractivity contribution in [2.45, 2.75) is 25.4 Å². The first kappa shape index (κ1) is 17.3. The molecule has 2 N–H and O–H groups in total. The van der Waals surface area contributed by atoms with E-state index in [1.54, 1.807) is 24.3 Å². The molecule has 6 nitrogen and oxygen atoms in total. The number of benzene rings is 1. The first-order valence-electron chi connectivity index (χ1n) is 8.42. The Morgan fingerprint density at radius 1 is 1.20 bits per heavy atom. The van der Waals surface area contributed by atoms with Crippen LogP contribution in [0.15, 0.2) is 36.4 Å². The molecule has 2 aromatic rings. The molecule has 1 aromatic carbocycles. The average Bonchev–Trinajstić information content (AvgIpc) is 3.15. The number of carbonyl (C=O) groups excluding carboxylic acids is 1. The normalized spacial score (nSPS) is 16.6. The van der Waals surface area contributed by atoms with Gasteiger partial charge in [0.25, 0.3) is 5.91 Å². The summed E-state index contributed by atoms with van der Waals surface area (Å²) in [5, 5.41) is 13.9. The number of anilines is 1. The fourth-order valence-corrected chi connectivity index (χ4v) is 2.64. The summed E-state index contributed by atoms with van der Waals surface area (Å²) in [5.74, 6) is 0.106. The summed E-state index contributed by atoms with van der Waals surface area (Å²) in [6, 6.07) is 9.75. The van der Waals surface area contributed by atoms with E-state index in [0.29, 0.717) is 18.9 Å². The fraction of sp³-hybridized carbons (Fsp3) is 0.389. The molecule has 2 heterocycles. The molecule has 132 valence electrons. The second-order valence-corrected chi connectivity index (χ2v) is 5.95. The zero-order valence-electron chi connectivity index (χ0n) is 13.9. The highest BCUT2D eigenvalue weighted by atomic mass is 19.1. The Labute approximate surface area is 145 Å². The van der Waals surface area contributed by atoms with Crippen molar-refractivity contribution in [3.8, 4) is 0 Å². The number of amides is 1. The van der Waals surface area contributed by atoms with E-state index in [0.717, 1.165) is 31.4 Å². The number of nitrogens with one attached hydrogen (secondary N) is 2. The zero-order chi connectivity index (χ0) is 17.5. The van der Waals surface area contributed by atoms with Crippen LogP contribution in [0.2, 0.25) is 0 Å². The smallest absolute Gasteiger partial charge is 0.271 e. The van der Waals surface area contributed by atoms with Crippen molar-refractivity contribution < 1.29 is 13.9 Å². The number of rotatable bonds is 7. The van der Waals surface area contributed by atoms with Gasteiger partial charge in [0.2, 0.25) is 0 Å². The van der Waals surface area contributed by atoms with E-state index >= 15 is 0 Å². The highest BCUT2D eigenvalue weighted by Crippen LogP contribution is 2.11. The van der Waals surface area contributed by atoms with E-state index in [1.165, 1.54) is 12.1 Å². The number of nitrogens with zero attached hydrogens (tertiary/aromatic N) is 2. The van der Waals surface area contributed by atoms with Crippen LogP contribution in [0, 0.1) is 5.82 Å². The van der Waals surface area contributed by atoms with E-state index < -0.39 is 0 Å². The predicted molar refractivity (Wildman–Crippen MR) is 91.9 cm³/mol. The first-order chi connectivity index (χ1) is 12.2. The second-order valence-electron chi connectivity index (χ2n) is 5.95. The maximum Gasteiger partial charge on any atom is 0.271 e. The summed E-state index contributed by atoms with van der Waals surface area (Å²) in [4.78, 5) is 12.0. The maximum atomic E-state index is 12.8. The monoisotopic (exact) mass is 344 g/mol. The fourth-order valence-electron chi connectivity index (χ4n) is 2.64. The highest BCUT2D eigenvalue weighted by Gasteiger charge is 2.17. The molecule has 3 rings (SSSR count). The first-order valence-corrected chi connectivity index (χ1v) is 8.42. The van der Waals surface area contributed by atoms with Crippen molar-refractivity contribution in [1.82, 2.24) is 15.5 Å². The summed E-state index contributed by atoms with van der Waals surface area (Å²) < 4.78 is 18.3. The van der Waals surface area contributed by atoms with Gasteiger partial charge in [-0.3, -0.25) is 4.79 Å². The minimum absolute atomic E-state index is 0.101. The lowest BCUT2D eigenvalue weighted by Gasteiger charge is -2.10. The van der Waals surface area contributed by atoms with Crippen LogP contribution in [-0.4, -0.2) is 41.9 Å². The van der Waals surface area contributed by atoms with Gasteiger partial charge in [-0.15, -0.1) is 10.2 Å². The Kier molecular flexibility index (Phi) is 5.90. The third kappa shape index (κ3) is 5.22. The predicted octanol–water partition coefficient (Wildman–Crippen LogP) is 2.18. The summed E-state index contributed by atoms with van der Waals surface area (Å²) in [7, 11) is 0. The molecule has 1 fully saturated rings. The van der Waals surface area contributed by atoms with Crippen molar-refractivity contribution in [3.05, 3.63) is 53.5 Å². The highest BCUT2D eigenvalue weighted by molar-refractivity contribution is 5.92. The van der Waals surface area contributed by atoms with Crippen LogP contribution in [0.25, 0.3) is 0 Å². The number of ether oxygens (including phenoxy) is 1. The lowest BCUT2D eigenvalue weighted by Crippen LogP contribution is -2.32. The number of aromatic nitrogens is 2. The van der Waals surface area contributed by atoms with Crippen LogP contribution < -0.4 is 10.6 Å². The molecule has 0 spiro atoms. The molecule has 25 heavy (non-hydrogen) atoms. The quantitative estimate of drug-likeness (QED) is 0.805. The Balaban J connectivity index is 1.43. The van der Waals surface area contributed by atoms with Crippen molar-refractivity contribution >= 4 is 11.7 Å². The molecule has 0 saturated carbocycles. The van der Waals surface area contributed by atoms with Gasteiger partial charge < -0.3 is 15.4 Å². The zero-order valence-corrected chi connectivity index (χ0v) is 13.9. The van der Waals surface area contributed by atoms with Crippen molar-refractivity contribution in [3.63, 3.8) is 0 Å². The molecule has 1 aliphatic rings. The molecule has 1 saturated heterocycles. The molecule has 1 atom stereocenters. The second kappa shape index (κ2) is 8.53. The molecule has 1 unspecified atom stereocenters. The van der Waals surface area contributed by atoms with Crippen LogP contribution in [0.1, 0.15) is 28.9 Å². The largest absolute Gasteiger partial charge is 0.376 e. The van der Waals surface area contributed by atoms with Crippen LogP contribution in [-0.2, 0) is 11.2 Å². The van der Waals surface area contributed by atoms with Gasteiger partial charge in [0.1, 0.15) is 11.6 Å². The van der Waals surface area contributed by atoms with Crippen molar-refractivity contribution in [2.75, 3.05) is 25.0 Å². The van der Waals surface area contributed by atoms with Crippen molar-refractivity contribution in [2.24, 2.45) is 0 Å². The molecule has 1 aliphatic heterocycles. The number of carbonyl (C=O) groups is 1. The molecule has 1 aromatic heterocycles. The lowest BCUT2D eigenvalue weighted by molar-refractivity contribution is 0.0853. The Bertz CT molecular complexity index is 685. The van der Waals surface area contributed by atoms with Crippen LogP contribution in [0.4, 0.5) is 10.2 Å². The molecule has 1 amide bonds. The van der Waals surface area contributed by atoms with Crippen molar-refractivity contribution in [1.29, 1.82) is 0 Å². The van der Waals surface area contributed by atoms with Gasteiger partial charge in [0.15, 0.2) is 5.69 Å². The van der Waals surface area contributed by atoms with Crippen LogP contribution in [0.5, 0.6) is 0 Å². The molecular formula is C18H21FN4O2. The summed E-state index contributed by atoms with van der Waals surface area (Å²) in [5.41, 5.74) is 1.31. The minimum atomic E-state index is -0.249. The summed E-state index contributed by atoms with van der Waals surface area (Å²) >= 11 is 0. The average molecular weight is 344 g/mol. The van der Waals surface area contributed by atoms with Gasteiger partial charge in [0, 0.05) is 19.7 Å². The van der Waals surface area contributed by atoms with Gasteiger partial charge in [-0.1, -0.05) is 12.1 Å². The van der Waals surface area contributed by atoms with Crippen LogP contribution >= 0.6 is 0 Å². The number of hydrogen-bond acceptors (Lipinski definition) is 5. The topological polar surface area (TPSA) is 76.1 Å². The van der Waals surface area contributed by atoms with E-state index in [2.05, 4.69) is 20.8 Å². The van der Waals surface area contributed by atoms with Gasteiger partial charge in [0.05, 0.1) is 6.10 Å². The standard InChI is InChI=1S/C18H21FN4O2/c19-14-5-3-13(4-6-14)9-10-20-17-8-7-16(22-23-17)18(24)21-12-15-2-1-11-25-15/h3-8,15H,1-2,9-12H2,(H,20,23)(H,21,24). The Hall–Kier alpha value is -2.54. The van der Waals surface area contributed by atoms with E-state index in [-0.39, 0.29) is 23.5 Å². The van der Waals surface area contributed by atoms with Crippen LogP contribution in [0.3, 0.4) is 0 Å². The molecule has 0 bridgehead atoms. The summed E-state index contributed by atoms with van der Waals surface area (Å²) in [6.45, 7) is 1.90. The Morgan fingerprint density at radius 3 is 2.72 bits per heavy atom. The molecule has 7 heteroatoms. The maximum absolute atomic E-state index is 12.8. The van der Waals surface area contributed by atoms with E-state index in [9.17, 15) is 9.18 Å². The number of halogens is 1.